The molecule has 0 aromatic rings. The fourth-order valence-corrected chi connectivity index (χ4v) is 3.59. The second-order valence-corrected chi connectivity index (χ2v) is 6.59. The third-order valence-electron chi connectivity index (χ3n) is 4.23. The van der Waals surface area contributed by atoms with E-state index in [1.807, 2.05) is 0 Å². The van der Waals surface area contributed by atoms with Gasteiger partial charge in [0.05, 0.1) is 6.54 Å². The molecule has 2 saturated carbocycles. The summed E-state index contributed by atoms with van der Waals surface area (Å²) >= 11 is 3.22. The van der Waals surface area contributed by atoms with Crippen molar-refractivity contribution in [2.24, 2.45) is 17.8 Å². The Labute approximate surface area is 112 Å². The lowest BCUT2D eigenvalue weighted by atomic mass is 9.84. The van der Waals surface area contributed by atoms with Crippen LogP contribution in [0.25, 0.3) is 0 Å². The Balaban J connectivity index is 1.75. The van der Waals surface area contributed by atoms with Crippen LogP contribution in [0.5, 0.6) is 0 Å². The first-order chi connectivity index (χ1) is 8.06. The normalized spacial score (nSPS) is 32.2. The van der Waals surface area contributed by atoms with Gasteiger partial charge in [0, 0.05) is 10.5 Å². The minimum atomic E-state index is -0.0825. The molecule has 2 rings (SSSR count). The van der Waals surface area contributed by atoms with Crippen LogP contribution >= 0.6 is 15.9 Å². The van der Waals surface area contributed by atoms with Crippen LogP contribution in [0.2, 0.25) is 0 Å². The predicted octanol–water partition coefficient (Wildman–Crippen LogP) is 3.02. The van der Waals surface area contributed by atoms with Crippen LogP contribution in [0, 0.1) is 17.8 Å². The number of amides is 2. The van der Waals surface area contributed by atoms with Gasteiger partial charge in [-0.25, -0.2) is 4.79 Å². The van der Waals surface area contributed by atoms with Gasteiger partial charge in [-0.3, -0.25) is 0 Å². The maximum atomic E-state index is 11.6. The Morgan fingerprint density at radius 2 is 2.24 bits per heavy atom. The molecule has 17 heavy (non-hydrogen) atoms. The third-order valence-corrected chi connectivity index (χ3v) is 4.51. The first-order valence-corrected chi connectivity index (χ1v) is 7.23. The van der Waals surface area contributed by atoms with Crippen molar-refractivity contribution in [2.75, 3.05) is 6.54 Å². The van der Waals surface area contributed by atoms with Gasteiger partial charge in [0.15, 0.2) is 0 Å². The molecule has 0 unspecified atom stereocenters. The molecule has 0 saturated heterocycles. The summed E-state index contributed by atoms with van der Waals surface area (Å²) in [7, 11) is 0. The van der Waals surface area contributed by atoms with E-state index in [1.165, 1.54) is 25.7 Å². The van der Waals surface area contributed by atoms with Crippen molar-refractivity contribution < 1.29 is 4.79 Å². The summed E-state index contributed by atoms with van der Waals surface area (Å²) in [5.41, 5.74) is 0. The smallest absolute Gasteiger partial charge is 0.315 e. The highest BCUT2D eigenvalue weighted by molar-refractivity contribution is 9.11. The van der Waals surface area contributed by atoms with Crippen LogP contribution in [0.15, 0.2) is 11.1 Å². The quantitative estimate of drug-likeness (QED) is 0.823. The summed E-state index contributed by atoms with van der Waals surface area (Å²) in [6.45, 7) is 6.30. The summed E-state index contributed by atoms with van der Waals surface area (Å²) < 4.78 is 0.792. The van der Waals surface area contributed by atoms with E-state index >= 15 is 0 Å². The molecule has 2 aliphatic carbocycles. The van der Waals surface area contributed by atoms with Gasteiger partial charge in [0.2, 0.25) is 0 Å². The first kappa shape index (κ1) is 12.9. The number of carbonyl (C=O) groups excluding carboxylic acids is 1. The van der Waals surface area contributed by atoms with Gasteiger partial charge < -0.3 is 10.6 Å². The van der Waals surface area contributed by atoms with Gasteiger partial charge >= 0.3 is 6.03 Å². The predicted molar refractivity (Wildman–Crippen MR) is 73.0 cm³/mol. The number of urea groups is 1. The van der Waals surface area contributed by atoms with Crippen LogP contribution in [-0.2, 0) is 0 Å². The lowest BCUT2D eigenvalue weighted by molar-refractivity contribution is 0.221. The zero-order valence-corrected chi connectivity index (χ0v) is 11.9. The average molecular weight is 301 g/mol. The molecule has 0 aromatic carbocycles. The average Bonchev–Trinajstić information content (AvgIpc) is 2.87. The van der Waals surface area contributed by atoms with Crippen molar-refractivity contribution in [3.8, 4) is 0 Å². The van der Waals surface area contributed by atoms with Gasteiger partial charge in [-0.1, -0.05) is 28.9 Å². The van der Waals surface area contributed by atoms with Crippen molar-refractivity contribution in [3.05, 3.63) is 11.1 Å². The zero-order chi connectivity index (χ0) is 12.4. The fraction of sp³-hybridized carbons (Fsp3) is 0.769. The molecule has 2 aliphatic rings. The highest BCUT2D eigenvalue weighted by Crippen LogP contribution is 2.49. The molecule has 0 radical (unpaired) electrons. The standard InChI is InChI=1S/C13H21BrN2O/c1-8(14)7-15-13(17)16-9(2)12-6-10-3-4-11(12)5-10/h9-12H,1,3-7H2,2H3,(H2,15,16,17)/t9-,10-,11-,12-/m0/s1. The number of halogens is 1. The second-order valence-electron chi connectivity index (χ2n) is 5.47. The van der Waals surface area contributed by atoms with Crippen LogP contribution in [0.1, 0.15) is 32.6 Å². The lowest BCUT2D eigenvalue weighted by Gasteiger charge is -2.28. The monoisotopic (exact) mass is 300 g/mol. The fourth-order valence-electron chi connectivity index (χ4n) is 3.45. The summed E-state index contributed by atoms with van der Waals surface area (Å²) in [4.78, 5) is 11.6. The van der Waals surface area contributed by atoms with Crippen LogP contribution in [0.4, 0.5) is 4.79 Å². The first-order valence-electron chi connectivity index (χ1n) is 6.44. The molecular formula is C13H21BrN2O. The Morgan fingerprint density at radius 1 is 1.47 bits per heavy atom. The van der Waals surface area contributed by atoms with Crippen molar-refractivity contribution in [3.63, 3.8) is 0 Å². The van der Waals surface area contributed by atoms with Crippen molar-refractivity contribution in [1.29, 1.82) is 0 Å². The van der Waals surface area contributed by atoms with Crippen LogP contribution in [-0.4, -0.2) is 18.6 Å². The zero-order valence-electron chi connectivity index (χ0n) is 10.3. The molecule has 2 N–H and O–H groups in total. The minimum absolute atomic E-state index is 0.0825. The number of fused-ring (bicyclic) bond motifs is 2. The van der Waals surface area contributed by atoms with E-state index in [0.717, 1.165) is 16.3 Å². The van der Waals surface area contributed by atoms with E-state index in [-0.39, 0.29) is 12.1 Å². The van der Waals surface area contributed by atoms with E-state index in [2.05, 4.69) is 40.1 Å². The molecular weight excluding hydrogens is 280 g/mol. The number of hydrogen-bond donors (Lipinski definition) is 2. The van der Waals surface area contributed by atoms with Crippen molar-refractivity contribution >= 4 is 22.0 Å². The Bertz CT molecular complexity index is 319. The molecule has 4 heteroatoms. The van der Waals surface area contributed by atoms with Gasteiger partial charge in [-0.15, -0.1) is 0 Å². The van der Waals surface area contributed by atoms with E-state index in [1.54, 1.807) is 0 Å². The lowest BCUT2D eigenvalue weighted by Crippen LogP contribution is -2.45. The Morgan fingerprint density at radius 3 is 2.76 bits per heavy atom. The molecule has 4 atom stereocenters. The molecule has 0 aliphatic heterocycles. The van der Waals surface area contributed by atoms with E-state index in [0.29, 0.717) is 12.5 Å². The van der Waals surface area contributed by atoms with Crippen molar-refractivity contribution in [1.82, 2.24) is 10.6 Å². The molecule has 0 aromatic heterocycles. The number of rotatable bonds is 4. The van der Waals surface area contributed by atoms with E-state index in [4.69, 9.17) is 0 Å². The summed E-state index contributed by atoms with van der Waals surface area (Å²) in [6.07, 6.45) is 5.46. The second kappa shape index (κ2) is 5.42. The molecule has 3 nitrogen and oxygen atoms in total. The molecule has 2 amide bonds. The van der Waals surface area contributed by atoms with Gasteiger partial charge in [-0.05, 0) is 43.9 Å². The van der Waals surface area contributed by atoms with E-state index in [9.17, 15) is 4.79 Å². The summed E-state index contributed by atoms with van der Waals surface area (Å²) in [5.74, 6) is 2.47. The molecule has 96 valence electrons. The van der Waals surface area contributed by atoms with Crippen LogP contribution < -0.4 is 10.6 Å². The molecule has 2 bridgehead atoms. The molecule has 0 heterocycles. The molecule has 0 spiro atoms. The third kappa shape index (κ3) is 3.24. The van der Waals surface area contributed by atoms with Crippen molar-refractivity contribution in [2.45, 2.75) is 38.6 Å². The highest BCUT2D eigenvalue weighted by Gasteiger charge is 2.42. The number of hydrogen-bond acceptors (Lipinski definition) is 1. The topological polar surface area (TPSA) is 41.1 Å². The maximum Gasteiger partial charge on any atom is 0.315 e. The van der Waals surface area contributed by atoms with Gasteiger partial charge in [0.25, 0.3) is 0 Å². The number of nitrogens with one attached hydrogen (secondary N) is 2. The maximum absolute atomic E-state index is 11.6. The SMILES string of the molecule is C=C(Br)CNC(=O)N[C@@H](C)[C@@H]1C[C@H]2CC[C@H]1C2. The van der Waals surface area contributed by atoms with Gasteiger partial charge in [0.1, 0.15) is 0 Å². The highest BCUT2D eigenvalue weighted by atomic mass is 79.9. The van der Waals surface area contributed by atoms with E-state index < -0.39 is 0 Å². The summed E-state index contributed by atoms with van der Waals surface area (Å²) in [6, 6.07) is 0.203. The van der Waals surface area contributed by atoms with Crippen LogP contribution in [0.3, 0.4) is 0 Å². The summed E-state index contributed by atoms with van der Waals surface area (Å²) in [5, 5.41) is 5.83. The Kier molecular flexibility index (Phi) is 4.13. The minimum Gasteiger partial charge on any atom is -0.335 e. The molecule has 2 fully saturated rings. The number of carbonyl (C=O) groups is 1. The van der Waals surface area contributed by atoms with Gasteiger partial charge in [-0.2, -0.15) is 0 Å². The largest absolute Gasteiger partial charge is 0.335 e. The Hall–Kier alpha value is -0.510.